The molecular weight excluding hydrogens is 250 g/mol. The van der Waals surface area contributed by atoms with Gasteiger partial charge in [0, 0.05) is 17.7 Å². The summed E-state index contributed by atoms with van der Waals surface area (Å²) in [7, 11) is 1.42. The van der Waals surface area contributed by atoms with Gasteiger partial charge in [-0.3, -0.25) is 14.9 Å². The molecule has 7 heteroatoms. The molecule has 0 fully saturated rings. The molecule has 0 heterocycles. The van der Waals surface area contributed by atoms with Gasteiger partial charge >= 0.3 is 0 Å². The fourth-order valence-electron chi connectivity index (χ4n) is 1.77. The predicted octanol–water partition coefficient (Wildman–Crippen LogP) is 0.680. The van der Waals surface area contributed by atoms with Crippen molar-refractivity contribution in [2.75, 3.05) is 26.0 Å². The van der Waals surface area contributed by atoms with Crippen LogP contribution in [-0.2, 0) is 4.74 Å². The Morgan fingerprint density at radius 3 is 2.68 bits per heavy atom. The molecule has 0 radical (unpaired) electrons. The summed E-state index contributed by atoms with van der Waals surface area (Å²) in [6.07, 6.45) is 0. The van der Waals surface area contributed by atoms with Crippen molar-refractivity contribution >= 4 is 11.6 Å². The second-order valence-corrected chi connectivity index (χ2v) is 4.53. The number of amides is 1. The minimum absolute atomic E-state index is 0.0342. The van der Waals surface area contributed by atoms with Crippen LogP contribution in [0.15, 0.2) is 24.3 Å². The van der Waals surface area contributed by atoms with Crippen molar-refractivity contribution < 1.29 is 14.5 Å². The number of anilines is 1. The lowest BCUT2D eigenvalue weighted by atomic mass is 10.0. The van der Waals surface area contributed by atoms with Gasteiger partial charge in [-0.2, -0.15) is 0 Å². The van der Waals surface area contributed by atoms with Crippen LogP contribution in [0.4, 0.5) is 5.69 Å². The molecule has 0 saturated heterocycles. The molecule has 19 heavy (non-hydrogen) atoms. The number of nitrogens with one attached hydrogen (secondary N) is 1. The van der Waals surface area contributed by atoms with Gasteiger partial charge in [-0.1, -0.05) is 12.1 Å². The zero-order chi connectivity index (χ0) is 14.5. The van der Waals surface area contributed by atoms with Crippen LogP contribution in [-0.4, -0.2) is 36.6 Å². The lowest BCUT2D eigenvalue weighted by Crippen LogP contribution is -2.54. The topological polar surface area (TPSA) is 107 Å². The Kier molecular flexibility index (Phi) is 4.82. The van der Waals surface area contributed by atoms with Gasteiger partial charge in [0.2, 0.25) is 6.54 Å². The van der Waals surface area contributed by atoms with E-state index in [2.05, 4.69) is 5.32 Å². The Hall–Kier alpha value is -2.15. The summed E-state index contributed by atoms with van der Waals surface area (Å²) in [6.45, 7) is 1.15. The van der Waals surface area contributed by atoms with Gasteiger partial charge in [0.15, 0.2) is 0 Å². The van der Waals surface area contributed by atoms with Gasteiger partial charge in [-0.15, -0.1) is 0 Å². The zero-order valence-electron chi connectivity index (χ0n) is 10.9. The lowest BCUT2D eigenvalue weighted by molar-refractivity contribution is -0.490. The average Bonchev–Trinajstić information content (AvgIpc) is 2.27. The van der Waals surface area contributed by atoms with E-state index in [1.54, 1.807) is 31.2 Å². The summed E-state index contributed by atoms with van der Waals surface area (Å²) in [4.78, 5) is 22.2. The molecule has 1 unspecified atom stereocenters. The third kappa shape index (κ3) is 4.22. The summed E-state index contributed by atoms with van der Waals surface area (Å²) >= 11 is 0. The van der Waals surface area contributed by atoms with Crippen molar-refractivity contribution in [3.8, 4) is 0 Å². The van der Waals surface area contributed by atoms with E-state index in [0.717, 1.165) is 0 Å². The highest BCUT2D eigenvalue weighted by atomic mass is 16.6. The highest BCUT2D eigenvalue weighted by Crippen LogP contribution is 2.13. The molecule has 0 aliphatic carbocycles. The number of hydrogen-bond donors (Lipinski definition) is 2. The first-order valence-electron chi connectivity index (χ1n) is 5.66. The number of rotatable bonds is 6. The van der Waals surface area contributed by atoms with Crippen LogP contribution in [0, 0.1) is 10.1 Å². The van der Waals surface area contributed by atoms with Gasteiger partial charge in [-0.05, 0) is 19.1 Å². The molecule has 0 bridgehead atoms. The van der Waals surface area contributed by atoms with E-state index >= 15 is 0 Å². The molecular formula is C12H17N3O4. The average molecular weight is 267 g/mol. The van der Waals surface area contributed by atoms with Gasteiger partial charge in [-0.25, -0.2) is 0 Å². The Bertz CT molecular complexity index is 478. The maximum Gasteiger partial charge on any atom is 0.254 e. The zero-order valence-corrected chi connectivity index (χ0v) is 10.9. The first kappa shape index (κ1) is 14.9. The number of benzene rings is 1. The minimum atomic E-state index is -1.09. The standard InChI is InChI=1S/C12H17N3O4/c1-12(8-19-2,7-15(17)18)14-11(16)9-5-3-4-6-10(9)13/h3-6H,7-8,13H2,1-2H3,(H,14,16). The number of hydrogen-bond acceptors (Lipinski definition) is 5. The highest BCUT2D eigenvalue weighted by molar-refractivity contribution is 5.99. The molecule has 0 spiro atoms. The number of nitro groups is 1. The van der Waals surface area contributed by atoms with Gasteiger partial charge in [0.1, 0.15) is 5.54 Å². The summed E-state index contributed by atoms with van der Waals surface area (Å²) in [5, 5.41) is 13.2. The maximum absolute atomic E-state index is 12.1. The van der Waals surface area contributed by atoms with Gasteiger partial charge < -0.3 is 15.8 Å². The van der Waals surface area contributed by atoms with Crippen LogP contribution in [0.1, 0.15) is 17.3 Å². The van der Waals surface area contributed by atoms with Crippen LogP contribution < -0.4 is 11.1 Å². The Morgan fingerprint density at radius 2 is 2.16 bits per heavy atom. The van der Waals surface area contributed by atoms with Crippen LogP contribution >= 0.6 is 0 Å². The molecule has 1 atom stereocenters. The fraction of sp³-hybridized carbons (Fsp3) is 0.417. The molecule has 1 aromatic rings. The minimum Gasteiger partial charge on any atom is -0.398 e. The normalized spacial score (nSPS) is 13.6. The lowest BCUT2D eigenvalue weighted by Gasteiger charge is -2.26. The predicted molar refractivity (Wildman–Crippen MR) is 70.5 cm³/mol. The Labute approximate surface area is 110 Å². The van der Waals surface area contributed by atoms with Crippen molar-refractivity contribution in [2.24, 2.45) is 0 Å². The number of ether oxygens (including phenoxy) is 1. The summed E-state index contributed by atoms with van der Waals surface area (Å²) < 4.78 is 4.92. The fourth-order valence-corrected chi connectivity index (χ4v) is 1.77. The van der Waals surface area contributed by atoms with Crippen molar-refractivity contribution in [1.29, 1.82) is 0 Å². The number of nitrogens with zero attached hydrogens (tertiary/aromatic N) is 1. The molecule has 0 saturated carbocycles. The molecule has 1 amide bonds. The first-order valence-corrected chi connectivity index (χ1v) is 5.66. The molecule has 1 rings (SSSR count). The van der Waals surface area contributed by atoms with Crippen molar-refractivity contribution in [1.82, 2.24) is 5.32 Å². The number of nitrogens with two attached hydrogens (primary N) is 1. The Morgan fingerprint density at radius 1 is 1.53 bits per heavy atom. The van der Waals surface area contributed by atoms with E-state index in [4.69, 9.17) is 10.5 Å². The molecule has 7 nitrogen and oxygen atoms in total. The van der Waals surface area contributed by atoms with E-state index in [-0.39, 0.29) is 12.2 Å². The third-order valence-electron chi connectivity index (χ3n) is 2.56. The molecule has 0 aliphatic rings. The number of nitrogen functional groups attached to an aromatic ring is 1. The van der Waals surface area contributed by atoms with Crippen LogP contribution in [0.2, 0.25) is 0 Å². The Balaban J connectivity index is 2.88. The summed E-state index contributed by atoms with van der Waals surface area (Å²) in [6, 6.07) is 6.53. The van der Waals surface area contributed by atoms with E-state index in [1.165, 1.54) is 7.11 Å². The SMILES string of the molecule is COCC(C)(C[N+](=O)[O-])NC(=O)c1ccccc1N. The van der Waals surface area contributed by atoms with E-state index in [0.29, 0.717) is 5.69 Å². The smallest absolute Gasteiger partial charge is 0.254 e. The van der Waals surface area contributed by atoms with Crippen LogP contribution in [0.5, 0.6) is 0 Å². The largest absolute Gasteiger partial charge is 0.398 e. The second kappa shape index (κ2) is 6.14. The summed E-state index contributed by atoms with van der Waals surface area (Å²) in [5.74, 6) is -0.459. The van der Waals surface area contributed by atoms with Crippen molar-refractivity contribution in [3.05, 3.63) is 39.9 Å². The van der Waals surface area contributed by atoms with Crippen LogP contribution in [0.3, 0.4) is 0 Å². The van der Waals surface area contributed by atoms with Crippen LogP contribution in [0.25, 0.3) is 0 Å². The molecule has 104 valence electrons. The summed E-state index contributed by atoms with van der Waals surface area (Å²) in [5.41, 5.74) is 5.21. The number of carbonyl (C=O) groups excluding carboxylic acids is 1. The quantitative estimate of drug-likeness (QED) is 0.447. The number of para-hydroxylation sites is 1. The van der Waals surface area contributed by atoms with Crippen molar-refractivity contribution in [2.45, 2.75) is 12.5 Å². The second-order valence-electron chi connectivity index (χ2n) is 4.53. The first-order chi connectivity index (χ1) is 8.88. The van der Waals surface area contributed by atoms with E-state index in [1.807, 2.05) is 0 Å². The van der Waals surface area contributed by atoms with Gasteiger partial charge in [0.05, 0.1) is 12.2 Å². The maximum atomic E-state index is 12.1. The van der Waals surface area contributed by atoms with E-state index < -0.39 is 22.9 Å². The highest BCUT2D eigenvalue weighted by Gasteiger charge is 2.33. The molecule has 0 aromatic heterocycles. The number of methoxy groups -OCH3 is 1. The monoisotopic (exact) mass is 267 g/mol. The van der Waals surface area contributed by atoms with Crippen molar-refractivity contribution in [3.63, 3.8) is 0 Å². The number of carbonyl (C=O) groups is 1. The van der Waals surface area contributed by atoms with E-state index in [9.17, 15) is 14.9 Å². The molecule has 0 aliphatic heterocycles. The molecule has 3 N–H and O–H groups in total. The van der Waals surface area contributed by atoms with Gasteiger partial charge in [0.25, 0.3) is 5.91 Å². The third-order valence-corrected chi connectivity index (χ3v) is 2.56. The molecule has 1 aromatic carbocycles.